The van der Waals surface area contributed by atoms with Gasteiger partial charge in [-0.05, 0) is 42.9 Å². The SMILES string of the molecule is Cc1nc(C(=O)N2C[C@H]3C[C@H]3[C@H]2CNC(=O)C(F)(F)F)c(-c2cccc(F)c2)s1. The van der Waals surface area contributed by atoms with Crippen LogP contribution in [0.2, 0.25) is 0 Å². The lowest BCUT2D eigenvalue weighted by Crippen LogP contribution is -2.48. The van der Waals surface area contributed by atoms with Gasteiger partial charge in [-0.15, -0.1) is 11.3 Å². The molecule has 0 spiro atoms. The maximum absolute atomic E-state index is 13.6. The van der Waals surface area contributed by atoms with Gasteiger partial charge in [-0.25, -0.2) is 9.37 Å². The Kier molecular flexibility index (Phi) is 4.84. The van der Waals surface area contributed by atoms with Crippen LogP contribution in [-0.2, 0) is 4.79 Å². The Balaban J connectivity index is 1.57. The number of benzene rings is 1. The molecule has 0 radical (unpaired) electrons. The highest BCUT2D eigenvalue weighted by Gasteiger charge is 2.54. The Morgan fingerprint density at radius 3 is 2.79 bits per heavy atom. The number of hydrogen-bond donors (Lipinski definition) is 1. The van der Waals surface area contributed by atoms with Gasteiger partial charge in [0.2, 0.25) is 0 Å². The van der Waals surface area contributed by atoms with Crippen LogP contribution >= 0.6 is 11.3 Å². The summed E-state index contributed by atoms with van der Waals surface area (Å²) in [7, 11) is 0. The number of aromatic nitrogens is 1. The molecule has 1 aliphatic carbocycles. The Morgan fingerprint density at radius 1 is 1.34 bits per heavy atom. The lowest BCUT2D eigenvalue weighted by atomic mass is 10.1. The van der Waals surface area contributed by atoms with Crippen LogP contribution in [0, 0.1) is 24.6 Å². The number of amides is 2. The summed E-state index contributed by atoms with van der Waals surface area (Å²) in [5, 5.41) is 2.52. The predicted molar refractivity (Wildman–Crippen MR) is 97.7 cm³/mol. The summed E-state index contributed by atoms with van der Waals surface area (Å²) in [5.74, 6) is -2.57. The van der Waals surface area contributed by atoms with E-state index in [1.807, 2.05) is 5.32 Å². The summed E-state index contributed by atoms with van der Waals surface area (Å²) >= 11 is 1.25. The van der Waals surface area contributed by atoms with E-state index in [4.69, 9.17) is 0 Å². The van der Waals surface area contributed by atoms with Crippen molar-refractivity contribution in [1.82, 2.24) is 15.2 Å². The Bertz CT molecular complexity index is 975. The highest BCUT2D eigenvalue weighted by Crippen LogP contribution is 2.50. The summed E-state index contributed by atoms with van der Waals surface area (Å²) < 4.78 is 51.1. The number of carbonyl (C=O) groups excluding carboxylic acids is 2. The number of likely N-dealkylation sites (tertiary alicyclic amines) is 1. The van der Waals surface area contributed by atoms with Crippen LogP contribution in [-0.4, -0.2) is 47.0 Å². The summed E-state index contributed by atoms with van der Waals surface area (Å²) in [5.41, 5.74) is 0.678. The number of aryl methyl sites for hydroxylation is 1. The Labute approximate surface area is 167 Å². The number of carbonyl (C=O) groups is 2. The molecule has 1 N–H and O–H groups in total. The Hall–Kier alpha value is -2.49. The molecule has 1 saturated heterocycles. The average molecular weight is 427 g/mol. The minimum Gasteiger partial charge on any atom is -0.346 e. The molecule has 2 fully saturated rings. The highest BCUT2D eigenvalue weighted by atomic mass is 32.1. The zero-order valence-electron chi connectivity index (χ0n) is 15.3. The van der Waals surface area contributed by atoms with Gasteiger partial charge in [0, 0.05) is 13.1 Å². The number of fused-ring (bicyclic) bond motifs is 1. The smallest absolute Gasteiger partial charge is 0.346 e. The summed E-state index contributed by atoms with van der Waals surface area (Å²) in [6.45, 7) is 1.88. The molecule has 4 rings (SSSR count). The number of rotatable bonds is 4. The topological polar surface area (TPSA) is 62.3 Å². The van der Waals surface area contributed by atoms with Crippen molar-refractivity contribution < 1.29 is 27.2 Å². The monoisotopic (exact) mass is 427 g/mol. The molecule has 2 aliphatic rings. The van der Waals surface area contributed by atoms with Crippen molar-refractivity contribution in [1.29, 1.82) is 0 Å². The second kappa shape index (κ2) is 7.08. The van der Waals surface area contributed by atoms with Gasteiger partial charge >= 0.3 is 12.1 Å². The second-order valence-corrected chi connectivity index (χ2v) is 8.52. The fourth-order valence-electron chi connectivity index (χ4n) is 3.90. The summed E-state index contributed by atoms with van der Waals surface area (Å²) in [4.78, 5) is 30.7. The van der Waals surface area contributed by atoms with Crippen LogP contribution in [0.4, 0.5) is 17.6 Å². The van der Waals surface area contributed by atoms with Gasteiger partial charge in [0.25, 0.3) is 5.91 Å². The van der Waals surface area contributed by atoms with E-state index in [2.05, 4.69) is 4.98 Å². The first-order chi connectivity index (χ1) is 13.6. The quantitative estimate of drug-likeness (QED) is 0.761. The van der Waals surface area contributed by atoms with E-state index >= 15 is 0 Å². The number of piperidine rings is 1. The van der Waals surface area contributed by atoms with Gasteiger partial charge in [-0.2, -0.15) is 13.2 Å². The first kappa shape index (κ1) is 19.8. The predicted octanol–water partition coefficient (Wildman–Crippen LogP) is 3.40. The minimum absolute atomic E-state index is 0.0739. The molecule has 3 atom stereocenters. The van der Waals surface area contributed by atoms with E-state index in [0.717, 1.165) is 6.42 Å². The van der Waals surface area contributed by atoms with Crippen LogP contribution in [0.25, 0.3) is 10.4 Å². The van der Waals surface area contributed by atoms with Crippen LogP contribution in [0.3, 0.4) is 0 Å². The van der Waals surface area contributed by atoms with Crippen molar-refractivity contribution in [3.05, 3.63) is 40.8 Å². The van der Waals surface area contributed by atoms with Gasteiger partial charge in [0.1, 0.15) is 11.5 Å². The molecular weight excluding hydrogens is 410 g/mol. The molecule has 2 aromatic rings. The van der Waals surface area contributed by atoms with Crippen molar-refractivity contribution in [2.75, 3.05) is 13.1 Å². The van der Waals surface area contributed by atoms with E-state index < -0.39 is 29.8 Å². The van der Waals surface area contributed by atoms with Crippen molar-refractivity contribution in [2.45, 2.75) is 25.6 Å². The standard InChI is InChI=1S/C19H17F4N3O2S/c1-9-25-15(16(29-9)10-3-2-4-12(20)5-10)17(27)26-8-11-6-13(11)14(26)7-24-18(28)19(21,22)23/h2-5,11,13-14H,6-8H2,1H3,(H,24,28)/t11-,13-,14-/m1/s1. The molecule has 2 heterocycles. The van der Waals surface area contributed by atoms with E-state index in [9.17, 15) is 27.2 Å². The highest BCUT2D eigenvalue weighted by molar-refractivity contribution is 7.15. The molecule has 154 valence electrons. The van der Waals surface area contributed by atoms with Crippen molar-refractivity contribution >= 4 is 23.2 Å². The lowest BCUT2D eigenvalue weighted by molar-refractivity contribution is -0.173. The fourth-order valence-corrected chi connectivity index (χ4v) is 4.80. The van der Waals surface area contributed by atoms with Crippen LogP contribution < -0.4 is 5.32 Å². The van der Waals surface area contributed by atoms with Gasteiger partial charge in [0.05, 0.1) is 15.9 Å². The van der Waals surface area contributed by atoms with E-state index in [-0.39, 0.29) is 24.1 Å². The zero-order chi connectivity index (χ0) is 20.9. The number of halogens is 4. The Morgan fingerprint density at radius 2 is 2.10 bits per heavy atom. The first-order valence-corrected chi connectivity index (χ1v) is 9.86. The minimum atomic E-state index is -4.97. The molecule has 29 heavy (non-hydrogen) atoms. The number of nitrogens with zero attached hydrogens (tertiary/aromatic N) is 2. The molecule has 2 amide bonds. The molecule has 1 saturated carbocycles. The van der Waals surface area contributed by atoms with E-state index in [1.54, 1.807) is 13.0 Å². The summed E-state index contributed by atoms with van der Waals surface area (Å²) in [6, 6.07) is 5.31. The molecular formula is C19H17F4N3O2S. The maximum atomic E-state index is 13.6. The maximum Gasteiger partial charge on any atom is 0.471 e. The molecule has 0 unspecified atom stereocenters. The lowest BCUT2D eigenvalue weighted by Gasteiger charge is -2.27. The van der Waals surface area contributed by atoms with Crippen molar-refractivity contribution in [3.63, 3.8) is 0 Å². The molecule has 0 bridgehead atoms. The van der Waals surface area contributed by atoms with E-state index in [0.29, 0.717) is 22.0 Å². The van der Waals surface area contributed by atoms with Gasteiger partial charge < -0.3 is 10.2 Å². The molecule has 10 heteroatoms. The summed E-state index contributed by atoms with van der Waals surface area (Å²) in [6.07, 6.45) is -4.14. The first-order valence-electron chi connectivity index (χ1n) is 9.04. The average Bonchev–Trinajstić information content (AvgIpc) is 3.16. The third kappa shape index (κ3) is 3.85. The molecule has 1 aromatic heterocycles. The zero-order valence-corrected chi connectivity index (χ0v) is 16.1. The molecule has 5 nitrogen and oxygen atoms in total. The number of alkyl halides is 3. The number of nitrogens with one attached hydrogen (secondary N) is 1. The van der Waals surface area contributed by atoms with Crippen LogP contribution in [0.1, 0.15) is 21.9 Å². The third-order valence-electron chi connectivity index (χ3n) is 5.32. The third-order valence-corrected chi connectivity index (χ3v) is 6.34. The van der Waals surface area contributed by atoms with Gasteiger partial charge in [-0.1, -0.05) is 12.1 Å². The second-order valence-electron chi connectivity index (χ2n) is 7.31. The molecule has 1 aliphatic heterocycles. The van der Waals surface area contributed by atoms with Crippen molar-refractivity contribution in [2.24, 2.45) is 11.8 Å². The van der Waals surface area contributed by atoms with Gasteiger partial charge in [-0.3, -0.25) is 9.59 Å². The fraction of sp³-hybridized carbons (Fsp3) is 0.421. The van der Waals surface area contributed by atoms with Gasteiger partial charge in [0.15, 0.2) is 0 Å². The normalized spacial score (nSPS) is 23.1. The molecule has 1 aromatic carbocycles. The van der Waals surface area contributed by atoms with Crippen molar-refractivity contribution in [3.8, 4) is 10.4 Å². The van der Waals surface area contributed by atoms with Crippen LogP contribution in [0.5, 0.6) is 0 Å². The van der Waals surface area contributed by atoms with Crippen LogP contribution in [0.15, 0.2) is 24.3 Å². The van der Waals surface area contributed by atoms with E-state index in [1.165, 1.54) is 34.4 Å². The number of hydrogen-bond acceptors (Lipinski definition) is 4. The number of thiazole rings is 1. The largest absolute Gasteiger partial charge is 0.471 e.